The number of aliphatic hydroxyl groups excluding tert-OH is 1. The number of carbonyl (C=O) groups excluding carboxylic acids is 1. The van der Waals surface area contributed by atoms with Crippen LogP contribution in [0.1, 0.15) is 43.2 Å². The molecule has 22 heavy (non-hydrogen) atoms. The fourth-order valence-electron chi connectivity index (χ4n) is 2.61. The summed E-state index contributed by atoms with van der Waals surface area (Å²) in [6.07, 6.45) is 2.53. The average Bonchev–Trinajstić information content (AvgIpc) is 2.95. The van der Waals surface area contributed by atoms with Gasteiger partial charge >= 0.3 is 0 Å². The summed E-state index contributed by atoms with van der Waals surface area (Å²) in [6.45, 7) is 7.13. The number of likely N-dealkylation sites (N-methyl/N-ethyl adjacent to an activating group) is 1. The number of hydrogen-bond acceptors (Lipinski definition) is 5. The zero-order valence-corrected chi connectivity index (χ0v) is 13.8. The second-order valence-electron chi connectivity index (χ2n) is 7.03. The number of carbonyl (C=O) groups is 1. The van der Waals surface area contributed by atoms with Crippen molar-refractivity contribution < 1.29 is 9.90 Å². The number of nitrogens with zero attached hydrogens (tertiary/aromatic N) is 2. The van der Waals surface area contributed by atoms with Crippen molar-refractivity contribution in [3.8, 4) is 0 Å². The number of rotatable bonds is 4. The predicted molar refractivity (Wildman–Crippen MR) is 85.0 cm³/mol. The van der Waals surface area contributed by atoms with Gasteiger partial charge in [-0.2, -0.15) is 0 Å². The number of hydrazine groups is 1. The van der Waals surface area contributed by atoms with Gasteiger partial charge in [-0.1, -0.05) is 20.8 Å². The summed E-state index contributed by atoms with van der Waals surface area (Å²) in [4.78, 5) is 18.2. The van der Waals surface area contributed by atoms with E-state index in [-0.39, 0.29) is 24.0 Å². The third-order valence-electron chi connectivity index (χ3n) is 4.09. The molecule has 2 unspecified atom stereocenters. The van der Waals surface area contributed by atoms with Gasteiger partial charge in [0.25, 0.3) is 5.91 Å². The molecule has 0 aromatic carbocycles. The summed E-state index contributed by atoms with van der Waals surface area (Å²) in [7, 11) is 1.78. The highest BCUT2D eigenvalue weighted by atomic mass is 16.3. The van der Waals surface area contributed by atoms with Gasteiger partial charge in [-0.05, 0) is 29.5 Å². The van der Waals surface area contributed by atoms with Crippen LogP contribution < -0.4 is 10.9 Å². The van der Waals surface area contributed by atoms with Crippen LogP contribution in [0.5, 0.6) is 0 Å². The van der Waals surface area contributed by atoms with Crippen LogP contribution in [0.2, 0.25) is 0 Å². The van der Waals surface area contributed by atoms with Crippen LogP contribution in [-0.2, 0) is 6.61 Å². The van der Waals surface area contributed by atoms with Gasteiger partial charge in [0.05, 0.1) is 6.61 Å². The van der Waals surface area contributed by atoms with Crippen molar-refractivity contribution in [3.63, 3.8) is 0 Å². The van der Waals surface area contributed by atoms with E-state index in [0.29, 0.717) is 23.8 Å². The Morgan fingerprint density at radius 3 is 2.77 bits per heavy atom. The van der Waals surface area contributed by atoms with E-state index in [0.717, 1.165) is 6.42 Å². The fraction of sp³-hybridized carbons (Fsp3) is 0.625. The molecule has 1 aromatic heterocycles. The van der Waals surface area contributed by atoms with Crippen LogP contribution in [0.25, 0.3) is 0 Å². The van der Waals surface area contributed by atoms with Crippen molar-refractivity contribution >= 4 is 5.91 Å². The molecular weight excluding hydrogens is 280 g/mol. The quantitative estimate of drug-likeness (QED) is 0.771. The van der Waals surface area contributed by atoms with Crippen LogP contribution in [0.4, 0.5) is 0 Å². The Bertz CT molecular complexity index is 527. The van der Waals surface area contributed by atoms with Crippen LogP contribution in [-0.4, -0.2) is 46.6 Å². The van der Waals surface area contributed by atoms with E-state index in [1.807, 2.05) is 0 Å². The highest BCUT2D eigenvalue weighted by molar-refractivity contribution is 5.92. The molecule has 2 heterocycles. The third-order valence-corrected chi connectivity index (χ3v) is 4.09. The Balaban J connectivity index is 1.95. The number of pyridine rings is 1. The molecule has 0 saturated carbocycles. The van der Waals surface area contributed by atoms with E-state index >= 15 is 0 Å². The van der Waals surface area contributed by atoms with Crippen molar-refractivity contribution in [2.24, 2.45) is 5.41 Å². The summed E-state index contributed by atoms with van der Waals surface area (Å²) in [6, 6.07) is 3.95. The minimum absolute atomic E-state index is 0.0894. The molecule has 1 fully saturated rings. The largest absolute Gasteiger partial charge is 0.392 e. The lowest BCUT2D eigenvalue weighted by molar-refractivity contribution is 0.0776. The summed E-state index contributed by atoms with van der Waals surface area (Å²) >= 11 is 0. The van der Waals surface area contributed by atoms with Crippen molar-refractivity contribution in [2.75, 3.05) is 13.6 Å². The zero-order chi connectivity index (χ0) is 16.3. The lowest BCUT2D eigenvalue weighted by atomic mass is 9.84. The second kappa shape index (κ2) is 6.73. The van der Waals surface area contributed by atoms with Crippen molar-refractivity contribution in [1.82, 2.24) is 20.7 Å². The Morgan fingerprint density at radius 2 is 2.18 bits per heavy atom. The van der Waals surface area contributed by atoms with Gasteiger partial charge < -0.3 is 10.0 Å². The van der Waals surface area contributed by atoms with E-state index in [1.54, 1.807) is 30.3 Å². The smallest absolute Gasteiger partial charge is 0.272 e. The Kier molecular flexibility index (Phi) is 5.16. The summed E-state index contributed by atoms with van der Waals surface area (Å²) in [5.74, 6) is -0.128. The minimum Gasteiger partial charge on any atom is -0.392 e. The zero-order valence-electron chi connectivity index (χ0n) is 13.8. The molecule has 1 amide bonds. The number of aliphatic hydroxyl groups is 1. The van der Waals surface area contributed by atoms with Gasteiger partial charge in [-0.3, -0.25) is 20.6 Å². The number of aromatic nitrogens is 1. The highest BCUT2D eigenvalue weighted by Gasteiger charge is 2.33. The molecule has 1 aromatic rings. The Labute approximate surface area is 131 Å². The highest BCUT2D eigenvalue weighted by Crippen LogP contribution is 2.25. The molecule has 6 nitrogen and oxygen atoms in total. The van der Waals surface area contributed by atoms with Gasteiger partial charge in [0.15, 0.2) is 0 Å². The maximum Gasteiger partial charge on any atom is 0.272 e. The monoisotopic (exact) mass is 306 g/mol. The molecular formula is C16H26N4O2. The molecule has 1 aliphatic heterocycles. The average molecular weight is 306 g/mol. The van der Waals surface area contributed by atoms with Crippen LogP contribution >= 0.6 is 0 Å². The lowest BCUT2D eigenvalue weighted by Gasteiger charge is -2.26. The first-order valence-electron chi connectivity index (χ1n) is 7.63. The van der Waals surface area contributed by atoms with Crippen LogP contribution in [0.15, 0.2) is 18.3 Å². The molecule has 0 spiro atoms. The first kappa shape index (κ1) is 16.9. The topological polar surface area (TPSA) is 77.5 Å². The molecule has 6 heteroatoms. The summed E-state index contributed by atoms with van der Waals surface area (Å²) < 4.78 is 0. The minimum atomic E-state index is -0.128. The number of amides is 1. The first-order valence-corrected chi connectivity index (χ1v) is 7.63. The van der Waals surface area contributed by atoms with E-state index in [1.165, 1.54) is 0 Å². The van der Waals surface area contributed by atoms with E-state index < -0.39 is 0 Å². The van der Waals surface area contributed by atoms with E-state index in [9.17, 15) is 4.79 Å². The molecule has 3 N–H and O–H groups in total. The molecule has 1 saturated heterocycles. The van der Waals surface area contributed by atoms with Crippen molar-refractivity contribution in [3.05, 3.63) is 29.6 Å². The third kappa shape index (κ3) is 4.03. The molecule has 0 radical (unpaired) electrons. The van der Waals surface area contributed by atoms with Gasteiger partial charge in [-0.25, -0.2) is 0 Å². The number of hydrogen-bond donors (Lipinski definition) is 3. The van der Waals surface area contributed by atoms with Crippen molar-refractivity contribution in [1.29, 1.82) is 0 Å². The summed E-state index contributed by atoms with van der Waals surface area (Å²) in [5.41, 5.74) is 7.83. The van der Waals surface area contributed by atoms with E-state index in [4.69, 9.17) is 5.11 Å². The number of nitrogens with one attached hydrogen (secondary N) is 2. The predicted octanol–water partition coefficient (Wildman–Crippen LogP) is 0.927. The molecule has 0 aliphatic carbocycles. The normalized spacial score (nSPS) is 21.9. The molecule has 122 valence electrons. The molecule has 0 bridgehead atoms. The Hall–Kier alpha value is -1.50. The second-order valence-corrected chi connectivity index (χ2v) is 7.03. The SMILES string of the molecule is CN(CC1CC(C(C)(C)C)NN1)C(=O)c1cc(CO)ccn1. The van der Waals surface area contributed by atoms with Gasteiger partial charge in [-0.15, -0.1) is 0 Å². The first-order chi connectivity index (χ1) is 10.3. The van der Waals surface area contributed by atoms with Crippen molar-refractivity contribution in [2.45, 2.75) is 45.9 Å². The van der Waals surface area contributed by atoms with Crippen LogP contribution in [0, 0.1) is 5.41 Å². The Morgan fingerprint density at radius 1 is 1.45 bits per heavy atom. The van der Waals surface area contributed by atoms with E-state index in [2.05, 4.69) is 36.6 Å². The van der Waals surface area contributed by atoms with Crippen LogP contribution in [0.3, 0.4) is 0 Å². The molecule has 1 aliphatic rings. The summed E-state index contributed by atoms with van der Waals surface area (Å²) in [5, 5.41) is 9.15. The fourth-order valence-corrected chi connectivity index (χ4v) is 2.61. The van der Waals surface area contributed by atoms with Gasteiger partial charge in [0.2, 0.25) is 0 Å². The van der Waals surface area contributed by atoms with Gasteiger partial charge in [0, 0.05) is 31.9 Å². The molecule has 2 rings (SSSR count). The van der Waals surface area contributed by atoms with Gasteiger partial charge in [0.1, 0.15) is 5.69 Å². The maximum atomic E-state index is 12.4. The maximum absolute atomic E-state index is 12.4. The molecule has 2 atom stereocenters. The lowest BCUT2D eigenvalue weighted by Crippen LogP contribution is -2.43. The standard InChI is InChI=1S/C16H26N4O2/c1-16(2,3)14-8-12(18-19-14)9-20(4)15(22)13-7-11(10-21)5-6-17-13/h5-7,12,14,18-19,21H,8-10H2,1-4H3.